The number of benzene rings is 1. The molecule has 1 aliphatic heterocycles. The van der Waals surface area contributed by atoms with Crippen molar-refractivity contribution in [2.24, 2.45) is 0 Å². The van der Waals surface area contributed by atoms with Gasteiger partial charge in [0, 0.05) is 24.6 Å². The van der Waals surface area contributed by atoms with Gasteiger partial charge in [0.15, 0.2) is 5.65 Å². The molecule has 7 heteroatoms. The van der Waals surface area contributed by atoms with Crippen molar-refractivity contribution >= 4 is 21.1 Å². The maximum absolute atomic E-state index is 13.3. The van der Waals surface area contributed by atoms with Crippen molar-refractivity contribution in [2.45, 2.75) is 36.4 Å². The number of pyridine rings is 1. The van der Waals surface area contributed by atoms with Crippen LogP contribution in [0.1, 0.15) is 31.1 Å². The summed E-state index contributed by atoms with van der Waals surface area (Å²) in [7, 11) is -3.88. The van der Waals surface area contributed by atoms with Gasteiger partial charge in [-0.05, 0) is 43.2 Å². The van der Waals surface area contributed by atoms with Crippen molar-refractivity contribution in [1.82, 2.24) is 8.96 Å². The first-order valence-electron chi connectivity index (χ1n) is 8.64. The van der Waals surface area contributed by atoms with Gasteiger partial charge in [0.05, 0.1) is 22.8 Å². The summed E-state index contributed by atoms with van der Waals surface area (Å²) in [6, 6.07) is 13.4. The molecule has 2 unspecified atom stereocenters. The average Bonchev–Trinajstić information content (AvgIpc) is 3.29. The highest BCUT2D eigenvalue weighted by Crippen LogP contribution is 2.31. The molecule has 3 heterocycles. The molecule has 1 N–H and O–H groups in total. The van der Waals surface area contributed by atoms with Gasteiger partial charge in [-0.25, -0.2) is 17.4 Å². The van der Waals surface area contributed by atoms with Crippen LogP contribution in [0.15, 0.2) is 59.6 Å². The van der Waals surface area contributed by atoms with E-state index in [9.17, 15) is 13.5 Å². The van der Waals surface area contributed by atoms with Gasteiger partial charge in [-0.2, -0.15) is 0 Å². The quantitative estimate of drug-likeness (QED) is 0.745. The topological polar surface area (TPSA) is 81.4 Å². The summed E-state index contributed by atoms with van der Waals surface area (Å²) >= 11 is 0. The van der Waals surface area contributed by atoms with Crippen molar-refractivity contribution in [3.05, 3.63) is 60.4 Å². The van der Waals surface area contributed by atoms with E-state index < -0.39 is 16.1 Å². The van der Waals surface area contributed by atoms with E-state index in [1.54, 1.807) is 54.7 Å². The maximum atomic E-state index is 13.3. The van der Waals surface area contributed by atoms with Crippen molar-refractivity contribution in [2.75, 3.05) is 6.61 Å². The van der Waals surface area contributed by atoms with Crippen molar-refractivity contribution in [3.63, 3.8) is 0 Å². The van der Waals surface area contributed by atoms with E-state index in [0.29, 0.717) is 29.8 Å². The number of hydrogen-bond donors (Lipinski definition) is 1. The Morgan fingerprint density at radius 1 is 1.23 bits per heavy atom. The van der Waals surface area contributed by atoms with Crippen LogP contribution in [0.5, 0.6) is 0 Å². The van der Waals surface area contributed by atoms with Crippen LogP contribution >= 0.6 is 0 Å². The lowest BCUT2D eigenvalue weighted by atomic mass is 10.1. The molecule has 26 heavy (non-hydrogen) atoms. The normalized spacial score (nSPS) is 19.0. The molecule has 0 spiro atoms. The van der Waals surface area contributed by atoms with Gasteiger partial charge in [0.1, 0.15) is 0 Å². The van der Waals surface area contributed by atoms with Gasteiger partial charge in [-0.1, -0.05) is 18.2 Å². The maximum Gasteiger partial charge on any atom is 0.269 e. The SMILES string of the molecule is O=S(=O)(c1ccccc1)n1c(C(O)CC2CCCO2)cc2cccnc21. The molecule has 2 atom stereocenters. The summed E-state index contributed by atoms with van der Waals surface area (Å²) < 4.78 is 33.3. The molecule has 1 saturated heterocycles. The van der Waals surface area contributed by atoms with Crippen molar-refractivity contribution in [1.29, 1.82) is 0 Å². The summed E-state index contributed by atoms with van der Waals surface area (Å²) in [5.41, 5.74) is 0.635. The predicted octanol–water partition coefficient (Wildman–Crippen LogP) is 2.88. The molecular formula is C19H20N2O4S. The van der Waals surface area contributed by atoms with Crippen LogP contribution in [0.3, 0.4) is 0 Å². The number of hydrogen-bond acceptors (Lipinski definition) is 5. The van der Waals surface area contributed by atoms with Gasteiger partial charge < -0.3 is 9.84 Å². The van der Waals surface area contributed by atoms with Gasteiger partial charge in [-0.3, -0.25) is 0 Å². The highest BCUT2D eigenvalue weighted by molar-refractivity contribution is 7.90. The fourth-order valence-corrected chi connectivity index (χ4v) is 4.96. The lowest BCUT2D eigenvalue weighted by molar-refractivity contribution is 0.0517. The molecule has 1 aliphatic rings. The van der Waals surface area contributed by atoms with E-state index >= 15 is 0 Å². The average molecular weight is 372 g/mol. The molecule has 1 aromatic carbocycles. The van der Waals surface area contributed by atoms with Gasteiger partial charge in [0.25, 0.3) is 10.0 Å². The Morgan fingerprint density at radius 2 is 2.04 bits per heavy atom. The first kappa shape index (κ1) is 17.2. The number of aliphatic hydroxyl groups is 1. The minimum atomic E-state index is -3.88. The first-order valence-corrected chi connectivity index (χ1v) is 10.1. The number of aliphatic hydroxyl groups excluding tert-OH is 1. The molecule has 136 valence electrons. The summed E-state index contributed by atoms with van der Waals surface area (Å²) in [6.45, 7) is 0.685. The third-order valence-corrected chi connectivity index (χ3v) is 6.41. The molecule has 1 fully saturated rings. The molecule has 4 rings (SSSR count). The summed E-state index contributed by atoms with van der Waals surface area (Å²) in [4.78, 5) is 4.41. The monoisotopic (exact) mass is 372 g/mol. The molecular weight excluding hydrogens is 352 g/mol. The van der Waals surface area contributed by atoms with Gasteiger partial charge in [-0.15, -0.1) is 0 Å². The second-order valence-corrected chi connectivity index (χ2v) is 8.24. The van der Waals surface area contributed by atoms with E-state index in [2.05, 4.69) is 4.98 Å². The molecule has 0 bridgehead atoms. The van der Waals surface area contributed by atoms with Crippen molar-refractivity contribution < 1.29 is 18.3 Å². The van der Waals surface area contributed by atoms with Crippen molar-refractivity contribution in [3.8, 4) is 0 Å². The van der Waals surface area contributed by atoms with E-state index in [1.807, 2.05) is 0 Å². The Morgan fingerprint density at radius 3 is 2.77 bits per heavy atom. The van der Waals surface area contributed by atoms with E-state index in [-0.39, 0.29) is 11.0 Å². The molecule has 3 aromatic rings. The Bertz CT molecular complexity index is 1010. The Balaban J connectivity index is 1.84. The lowest BCUT2D eigenvalue weighted by Gasteiger charge is -2.18. The number of nitrogens with zero attached hydrogens (tertiary/aromatic N) is 2. The summed E-state index contributed by atoms with van der Waals surface area (Å²) in [5.74, 6) is 0. The highest BCUT2D eigenvalue weighted by atomic mass is 32.2. The van der Waals surface area contributed by atoms with Gasteiger partial charge >= 0.3 is 0 Å². The molecule has 0 radical (unpaired) electrons. The molecule has 6 nitrogen and oxygen atoms in total. The molecule has 0 amide bonds. The minimum absolute atomic E-state index is 0.0520. The zero-order valence-corrected chi connectivity index (χ0v) is 15.0. The summed E-state index contributed by atoms with van der Waals surface area (Å²) in [5, 5.41) is 11.5. The zero-order valence-electron chi connectivity index (χ0n) is 14.2. The Kier molecular flexibility index (Phi) is 4.52. The van der Waals surface area contributed by atoms with Crippen LogP contribution in [0.4, 0.5) is 0 Å². The number of aromatic nitrogens is 2. The largest absolute Gasteiger partial charge is 0.387 e. The standard InChI is InChI=1S/C19H20N2O4S/c22-18(13-15-7-5-11-25-15)17-12-14-6-4-10-20-19(14)21(17)26(23,24)16-8-2-1-3-9-16/h1-4,6,8-10,12,15,18,22H,5,7,11,13H2. The minimum Gasteiger partial charge on any atom is -0.387 e. The Labute approximate surface area is 152 Å². The predicted molar refractivity (Wildman–Crippen MR) is 97.3 cm³/mol. The van der Waals surface area contributed by atoms with Crippen LogP contribution in [-0.4, -0.2) is 35.2 Å². The number of rotatable bonds is 5. The van der Waals surface area contributed by atoms with Gasteiger partial charge in [0.2, 0.25) is 0 Å². The second-order valence-electron chi connectivity index (χ2n) is 6.45. The number of fused-ring (bicyclic) bond motifs is 1. The fourth-order valence-electron chi connectivity index (χ4n) is 3.41. The molecule has 0 saturated carbocycles. The molecule has 0 aliphatic carbocycles. The third-order valence-electron chi connectivity index (χ3n) is 4.68. The zero-order chi connectivity index (χ0) is 18.1. The summed E-state index contributed by atoms with van der Waals surface area (Å²) in [6.07, 6.45) is 2.75. The smallest absolute Gasteiger partial charge is 0.269 e. The van der Waals surface area contributed by atoms with Crippen LogP contribution in [0, 0.1) is 0 Å². The fraction of sp³-hybridized carbons (Fsp3) is 0.316. The van der Waals surface area contributed by atoms with Crippen LogP contribution in [0.25, 0.3) is 11.0 Å². The Hall–Kier alpha value is -2.22. The lowest BCUT2D eigenvalue weighted by Crippen LogP contribution is -2.20. The van der Waals surface area contributed by atoms with E-state index in [0.717, 1.165) is 16.8 Å². The van der Waals surface area contributed by atoms with Crippen LogP contribution in [-0.2, 0) is 14.8 Å². The number of ether oxygens (including phenoxy) is 1. The first-order chi connectivity index (χ1) is 12.6. The van der Waals surface area contributed by atoms with E-state index in [4.69, 9.17) is 4.74 Å². The van der Waals surface area contributed by atoms with Crippen LogP contribution < -0.4 is 0 Å². The highest BCUT2D eigenvalue weighted by Gasteiger charge is 2.29. The van der Waals surface area contributed by atoms with Crippen LogP contribution in [0.2, 0.25) is 0 Å². The molecule has 2 aromatic heterocycles. The third kappa shape index (κ3) is 3.02. The van der Waals surface area contributed by atoms with E-state index in [1.165, 1.54) is 0 Å². The second kappa shape index (κ2) is 6.83.